The van der Waals surface area contributed by atoms with E-state index < -0.39 is 0 Å². The summed E-state index contributed by atoms with van der Waals surface area (Å²) < 4.78 is 4.76. The molecule has 2 heterocycles. The number of hydrogen-bond acceptors (Lipinski definition) is 8. The van der Waals surface area contributed by atoms with Crippen molar-refractivity contribution in [2.75, 3.05) is 0 Å². The fourth-order valence-electron chi connectivity index (χ4n) is 2.80. The molecule has 3 aromatic carbocycles. The largest absolute Gasteiger partial charge is 0.229 e. The molecule has 30 heavy (non-hydrogen) atoms. The summed E-state index contributed by atoms with van der Waals surface area (Å²) in [5, 5.41) is 0. The zero-order valence-electron chi connectivity index (χ0n) is 15.7. The topological polar surface area (TPSA) is 25.8 Å². The number of hydrogen-bond donors (Lipinski definition) is 0. The maximum atomic E-state index is 4.68. The Bertz CT molecular complexity index is 1100. The molecule has 0 atom stereocenters. The van der Waals surface area contributed by atoms with Gasteiger partial charge in [-0.15, -0.1) is 22.7 Å². The Kier molecular flexibility index (Phi) is 6.89. The lowest BCUT2D eigenvalue weighted by Crippen LogP contribution is -1.82. The molecular formula is C22H16N2S6. The summed E-state index contributed by atoms with van der Waals surface area (Å²) in [7, 11) is 7.23. The van der Waals surface area contributed by atoms with Crippen molar-refractivity contribution < 1.29 is 0 Å². The van der Waals surface area contributed by atoms with Crippen LogP contribution in [0.3, 0.4) is 0 Å². The van der Waals surface area contributed by atoms with E-state index in [1.165, 1.54) is 20.5 Å². The molecule has 0 aliphatic rings. The number of nitrogens with zero attached hydrogens (tertiary/aromatic N) is 2. The maximum Gasteiger partial charge on any atom is 0.161 e. The molecule has 8 heteroatoms. The summed E-state index contributed by atoms with van der Waals surface area (Å²) in [6.07, 6.45) is 0. The van der Waals surface area contributed by atoms with Crippen LogP contribution < -0.4 is 0 Å². The molecule has 0 amide bonds. The molecule has 0 saturated heterocycles. The van der Waals surface area contributed by atoms with Gasteiger partial charge in [-0.1, -0.05) is 70.1 Å². The summed E-state index contributed by atoms with van der Waals surface area (Å²) in [6, 6.07) is 25.6. The highest BCUT2D eigenvalue weighted by Gasteiger charge is 2.06. The van der Waals surface area contributed by atoms with Crippen LogP contribution in [-0.2, 0) is 11.5 Å². The van der Waals surface area contributed by atoms with Crippen molar-refractivity contribution in [3.05, 3.63) is 83.9 Å². The van der Waals surface area contributed by atoms with Crippen LogP contribution in [0.1, 0.15) is 11.1 Å². The lowest BCUT2D eigenvalue weighted by Gasteiger charge is -2.03. The first-order valence-electron chi connectivity index (χ1n) is 9.21. The second-order valence-electron chi connectivity index (χ2n) is 6.40. The molecule has 0 spiro atoms. The van der Waals surface area contributed by atoms with Gasteiger partial charge in [0, 0.05) is 11.5 Å². The van der Waals surface area contributed by atoms with E-state index in [1.54, 1.807) is 44.3 Å². The van der Waals surface area contributed by atoms with Crippen molar-refractivity contribution in [3.8, 4) is 0 Å². The third-order valence-corrected chi connectivity index (χ3v) is 11.5. The molecule has 5 rings (SSSR count). The molecule has 0 aliphatic carbocycles. The van der Waals surface area contributed by atoms with Crippen LogP contribution in [-0.4, -0.2) is 9.97 Å². The maximum absolute atomic E-state index is 4.68. The first-order valence-corrected chi connectivity index (χ1v) is 15.5. The van der Waals surface area contributed by atoms with Crippen molar-refractivity contribution in [1.82, 2.24) is 9.97 Å². The standard InChI is InChI=1S/C22H16N2S6/c1-3-7-19-17(5-1)23-21(27-19)29-25-13-15-9-11-16(12-10-15)14-26-30-22-24-18-6-2-4-8-20(18)28-22/h1-12H,13-14H2. The minimum atomic E-state index is 0.981. The van der Waals surface area contributed by atoms with Crippen molar-refractivity contribution >= 4 is 86.3 Å². The van der Waals surface area contributed by atoms with Crippen molar-refractivity contribution in [3.63, 3.8) is 0 Å². The third-order valence-electron chi connectivity index (χ3n) is 4.28. The summed E-state index contributed by atoms with van der Waals surface area (Å²) in [5.74, 6) is 1.96. The molecule has 0 unspecified atom stereocenters. The van der Waals surface area contributed by atoms with Gasteiger partial charge in [0.05, 0.1) is 20.4 Å². The van der Waals surface area contributed by atoms with Crippen LogP contribution in [0.5, 0.6) is 0 Å². The fraction of sp³-hybridized carbons (Fsp3) is 0.0909. The van der Waals surface area contributed by atoms with Crippen molar-refractivity contribution in [1.29, 1.82) is 0 Å². The molecule has 0 bridgehead atoms. The Morgan fingerprint density at radius 1 is 0.567 bits per heavy atom. The van der Waals surface area contributed by atoms with Crippen LogP contribution in [0.15, 0.2) is 81.5 Å². The molecule has 0 saturated carbocycles. The van der Waals surface area contributed by atoms with Gasteiger partial charge < -0.3 is 0 Å². The van der Waals surface area contributed by atoms with Gasteiger partial charge in [-0.25, -0.2) is 9.97 Å². The number of thiazole rings is 2. The van der Waals surface area contributed by atoms with Crippen LogP contribution in [0.4, 0.5) is 0 Å². The van der Waals surface area contributed by atoms with E-state index in [1.807, 2.05) is 33.7 Å². The second kappa shape index (κ2) is 9.97. The molecule has 5 aromatic rings. The Morgan fingerprint density at radius 3 is 1.43 bits per heavy atom. The average Bonchev–Trinajstić information content (AvgIpc) is 3.38. The summed E-state index contributed by atoms with van der Waals surface area (Å²) in [4.78, 5) is 9.36. The Labute approximate surface area is 199 Å². The van der Waals surface area contributed by atoms with Gasteiger partial charge in [-0.05, 0) is 57.0 Å². The SMILES string of the molecule is c1ccc2sc(SSCc3ccc(CSSc4nc5ccccc5s4)cc3)nc2c1. The predicted molar refractivity (Wildman–Crippen MR) is 140 cm³/mol. The minimum absolute atomic E-state index is 0.981. The van der Waals surface area contributed by atoms with Gasteiger partial charge in [0.15, 0.2) is 8.68 Å². The first-order chi connectivity index (χ1) is 14.8. The monoisotopic (exact) mass is 500 g/mol. The van der Waals surface area contributed by atoms with E-state index in [0.29, 0.717) is 0 Å². The van der Waals surface area contributed by atoms with E-state index >= 15 is 0 Å². The fourth-order valence-corrected chi connectivity index (χ4v) is 9.73. The normalized spacial score (nSPS) is 11.5. The van der Waals surface area contributed by atoms with Gasteiger partial charge >= 0.3 is 0 Å². The Morgan fingerprint density at radius 2 is 1.00 bits per heavy atom. The number of para-hydroxylation sites is 2. The molecule has 2 nitrogen and oxygen atoms in total. The smallest absolute Gasteiger partial charge is 0.161 e. The molecule has 150 valence electrons. The highest BCUT2D eigenvalue weighted by Crippen LogP contribution is 2.39. The van der Waals surface area contributed by atoms with Gasteiger partial charge in [-0.3, -0.25) is 0 Å². The van der Waals surface area contributed by atoms with Crippen LogP contribution in [0, 0.1) is 0 Å². The molecular weight excluding hydrogens is 485 g/mol. The summed E-state index contributed by atoms with van der Waals surface area (Å²) >= 11 is 3.53. The van der Waals surface area contributed by atoms with Gasteiger partial charge in [0.25, 0.3) is 0 Å². The zero-order chi connectivity index (χ0) is 20.2. The molecule has 2 aromatic heterocycles. The molecule has 0 radical (unpaired) electrons. The van der Waals surface area contributed by atoms with Crippen molar-refractivity contribution in [2.24, 2.45) is 0 Å². The van der Waals surface area contributed by atoms with Gasteiger partial charge in [-0.2, -0.15) is 0 Å². The van der Waals surface area contributed by atoms with Gasteiger partial charge in [0.2, 0.25) is 0 Å². The van der Waals surface area contributed by atoms with Crippen LogP contribution in [0.2, 0.25) is 0 Å². The van der Waals surface area contributed by atoms with Crippen LogP contribution in [0.25, 0.3) is 20.4 Å². The third kappa shape index (κ3) is 5.18. The number of fused-ring (bicyclic) bond motifs is 2. The highest BCUT2D eigenvalue weighted by molar-refractivity contribution is 8.77. The van der Waals surface area contributed by atoms with E-state index in [4.69, 9.17) is 0 Å². The second-order valence-corrected chi connectivity index (χ2v) is 13.6. The Balaban J connectivity index is 1.09. The molecule has 0 fully saturated rings. The van der Waals surface area contributed by atoms with E-state index in [9.17, 15) is 0 Å². The van der Waals surface area contributed by atoms with Crippen LogP contribution >= 0.6 is 65.8 Å². The quantitative estimate of drug-likeness (QED) is 0.197. The zero-order valence-corrected chi connectivity index (χ0v) is 20.6. The number of aromatic nitrogens is 2. The number of benzene rings is 3. The van der Waals surface area contributed by atoms with E-state index in [-0.39, 0.29) is 0 Å². The lowest BCUT2D eigenvalue weighted by molar-refractivity contribution is 1.31. The predicted octanol–water partition coefficient (Wildman–Crippen LogP) is 8.79. The highest BCUT2D eigenvalue weighted by atomic mass is 33.1. The summed E-state index contributed by atoms with van der Waals surface area (Å²) in [6.45, 7) is 0. The molecule has 0 N–H and O–H groups in total. The van der Waals surface area contributed by atoms with Crippen molar-refractivity contribution in [2.45, 2.75) is 20.2 Å². The molecule has 0 aliphatic heterocycles. The lowest BCUT2D eigenvalue weighted by atomic mass is 10.2. The van der Waals surface area contributed by atoms with E-state index in [2.05, 4.69) is 70.6 Å². The minimum Gasteiger partial charge on any atom is -0.229 e. The summed E-state index contributed by atoms with van der Waals surface area (Å²) in [5.41, 5.74) is 4.88. The average molecular weight is 501 g/mol. The number of rotatable bonds is 8. The van der Waals surface area contributed by atoms with E-state index in [0.717, 1.165) is 31.2 Å². The Hall–Kier alpha value is -1.16. The van der Waals surface area contributed by atoms with Gasteiger partial charge in [0.1, 0.15) is 0 Å². The first kappa shape index (κ1) is 20.7.